The summed E-state index contributed by atoms with van der Waals surface area (Å²) >= 11 is 6.28. The van der Waals surface area contributed by atoms with Crippen LogP contribution in [0.4, 0.5) is 11.4 Å². The molecule has 0 aliphatic carbocycles. The van der Waals surface area contributed by atoms with Gasteiger partial charge < -0.3 is 10.6 Å². The summed E-state index contributed by atoms with van der Waals surface area (Å²) in [7, 11) is -3.43. The fraction of sp³-hybridized carbons (Fsp3) is 0.167. The van der Waals surface area contributed by atoms with Crippen LogP contribution in [-0.4, -0.2) is 26.5 Å². The average Bonchev–Trinajstić information content (AvgIpc) is 2.74. The van der Waals surface area contributed by atoms with E-state index in [1.54, 1.807) is 18.2 Å². The molecule has 3 rings (SSSR count). The average molecular weight is 471 g/mol. The molecule has 166 valence electrons. The Kier molecular flexibility index (Phi) is 7.33. The Balaban J connectivity index is 1.62. The minimum Gasteiger partial charge on any atom is -0.326 e. The first kappa shape index (κ1) is 23.5. The zero-order valence-electron chi connectivity index (χ0n) is 17.7. The Morgan fingerprint density at radius 1 is 0.938 bits per heavy atom. The van der Waals surface area contributed by atoms with Crippen LogP contribution in [0.2, 0.25) is 5.02 Å². The summed E-state index contributed by atoms with van der Waals surface area (Å²) in [5, 5.41) is 5.70. The molecule has 0 saturated carbocycles. The van der Waals surface area contributed by atoms with Crippen LogP contribution in [0.3, 0.4) is 0 Å². The molecule has 8 heteroatoms. The van der Waals surface area contributed by atoms with Crippen molar-refractivity contribution in [3.05, 3.63) is 88.4 Å². The van der Waals surface area contributed by atoms with Crippen LogP contribution in [-0.2, 0) is 21.1 Å². The van der Waals surface area contributed by atoms with Crippen molar-refractivity contribution in [2.45, 2.75) is 24.7 Å². The topological polar surface area (TPSA) is 92.3 Å². The summed E-state index contributed by atoms with van der Waals surface area (Å²) in [4.78, 5) is 24.8. The molecule has 0 aliphatic rings. The van der Waals surface area contributed by atoms with Crippen molar-refractivity contribution in [2.75, 3.05) is 16.9 Å². The summed E-state index contributed by atoms with van der Waals surface area (Å²) in [6, 6.07) is 18.5. The maximum atomic E-state index is 12.5. The summed E-state index contributed by atoms with van der Waals surface area (Å²) < 4.78 is 23.4. The van der Waals surface area contributed by atoms with E-state index in [1.807, 2.05) is 31.2 Å². The fourth-order valence-corrected chi connectivity index (χ4v) is 4.00. The largest absolute Gasteiger partial charge is 0.326 e. The van der Waals surface area contributed by atoms with E-state index in [0.717, 1.165) is 17.4 Å². The zero-order chi connectivity index (χ0) is 23.3. The number of anilines is 2. The molecule has 0 saturated heterocycles. The molecule has 32 heavy (non-hydrogen) atoms. The highest BCUT2D eigenvalue weighted by atomic mass is 35.5. The van der Waals surface area contributed by atoms with Gasteiger partial charge >= 0.3 is 0 Å². The predicted octanol–water partition coefficient (Wildman–Crippen LogP) is 4.88. The van der Waals surface area contributed by atoms with Crippen molar-refractivity contribution in [1.29, 1.82) is 0 Å². The fourth-order valence-electron chi connectivity index (χ4n) is 3.11. The number of amides is 2. The molecule has 0 atom stereocenters. The Bertz CT molecular complexity index is 1270. The van der Waals surface area contributed by atoms with Gasteiger partial charge in [0.1, 0.15) is 0 Å². The smallest absolute Gasteiger partial charge is 0.255 e. The van der Waals surface area contributed by atoms with E-state index in [9.17, 15) is 18.0 Å². The Morgan fingerprint density at radius 3 is 2.38 bits per heavy atom. The lowest BCUT2D eigenvalue weighted by Gasteiger charge is -2.11. The standard InChI is InChI=1S/C24H23ClN2O4S/c1-16-5-3-6-17(13-16)9-12-23(28)26-19-10-11-22(21(25)15-19)27-24(29)18-7-4-8-20(14-18)32(2,30)31/h3-8,10-11,13-15H,9,12H2,1-2H3,(H,26,28)(H,27,29). The van der Waals surface area contributed by atoms with E-state index in [2.05, 4.69) is 10.6 Å². The molecule has 0 bridgehead atoms. The Labute approximate surface area is 192 Å². The molecular formula is C24H23ClN2O4S. The van der Waals surface area contributed by atoms with E-state index in [0.29, 0.717) is 24.2 Å². The van der Waals surface area contributed by atoms with Gasteiger partial charge in [-0.25, -0.2) is 8.42 Å². The molecule has 3 aromatic rings. The van der Waals surface area contributed by atoms with Crippen LogP contribution >= 0.6 is 11.6 Å². The minimum atomic E-state index is -3.43. The van der Waals surface area contributed by atoms with Crippen LogP contribution in [0, 0.1) is 6.92 Å². The molecular weight excluding hydrogens is 448 g/mol. The molecule has 6 nitrogen and oxygen atoms in total. The summed E-state index contributed by atoms with van der Waals surface area (Å²) in [5.74, 6) is -0.635. The second kappa shape index (κ2) is 9.97. The number of hydrogen-bond acceptors (Lipinski definition) is 4. The molecule has 0 radical (unpaired) electrons. The Hall–Kier alpha value is -3.16. The molecule has 3 aromatic carbocycles. The second-order valence-corrected chi connectivity index (χ2v) is 9.91. The van der Waals surface area contributed by atoms with Crippen LogP contribution in [0.1, 0.15) is 27.9 Å². The van der Waals surface area contributed by atoms with Gasteiger partial charge in [0.15, 0.2) is 9.84 Å². The van der Waals surface area contributed by atoms with Crippen molar-refractivity contribution in [3.8, 4) is 0 Å². The number of benzene rings is 3. The van der Waals surface area contributed by atoms with Crippen LogP contribution in [0.25, 0.3) is 0 Å². The summed E-state index contributed by atoms with van der Waals surface area (Å²) in [5.41, 5.74) is 3.30. The monoisotopic (exact) mass is 470 g/mol. The molecule has 0 spiro atoms. The normalized spacial score (nSPS) is 11.1. The van der Waals surface area contributed by atoms with Gasteiger partial charge in [0.2, 0.25) is 5.91 Å². The number of halogens is 1. The predicted molar refractivity (Wildman–Crippen MR) is 127 cm³/mol. The third kappa shape index (κ3) is 6.42. The van der Waals surface area contributed by atoms with Gasteiger partial charge in [-0.15, -0.1) is 0 Å². The SMILES string of the molecule is Cc1cccc(CCC(=O)Nc2ccc(NC(=O)c3cccc(S(C)(=O)=O)c3)c(Cl)c2)c1. The molecule has 2 N–H and O–H groups in total. The van der Waals surface area contributed by atoms with Crippen LogP contribution in [0.5, 0.6) is 0 Å². The van der Waals surface area contributed by atoms with Crippen molar-refractivity contribution in [2.24, 2.45) is 0 Å². The van der Waals surface area contributed by atoms with E-state index in [-0.39, 0.29) is 21.4 Å². The maximum Gasteiger partial charge on any atom is 0.255 e. The van der Waals surface area contributed by atoms with Gasteiger partial charge in [-0.1, -0.05) is 47.5 Å². The number of carbonyl (C=O) groups is 2. The molecule has 0 aromatic heterocycles. The lowest BCUT2D eigenvalue weighted by Crippen LogP contribution is -2.14. The van der Waals surface area contributed by atoms with Gasteiger partial charge in [0.05, 0.1) is 15.6 Å². The number of aryl methyl sites for hydroxylation is 2. The lowest BCUT2D eigenvalue weighted by molar-refractivity contribution is -0.116. The molecule has 0 aliphatic heterocycles. The molecule has 0 heterocycles. The van der Waals surface area contributed by atoms with Crippen molar-refractivity contribution in [3.63, 3.8) is 0 Å². The van der Waals surface area contributed by atoms with Gasteiger partial charge in [0.25, 0.3) is 5.91 Å². The van der Waals surface area contributed by atoms with E-state index in [1.165, 1.54) is 24.3 Å². The highest BCUT2D eigenvalue weighted by Crippen LogP contribution is 2.26. The first-order valence-electron chi connectivity index (χ1n) is 9.88. The number of nitrogens with one attached hydrogen (secondary N) is 2. The zero-order valence-corrected chi connectivity index (χ0v) is 19.3. The maximum absolute atomic E-state index is 12.5. The van der Waals surface area contributed by atoms with Gasteiger partial charge in [0, 0.05) is 23.9 Å². The molecule has 2 amide bonds. The van der Waals surface area contributed by atoms with Gasteiger partial charge in [-0.3, -0.25) is 9.59 Å². The molecule has 0 fully saturated rings. The third-order valence-corrected chi connectivity index (χ3v) is 6.17. The number of rotatable bonds is 7. The number of hydrogen-bond donors (Lipinski definition) is 2. The third-order valence-electron chi connectivity index (χ3n) is 4.75. The number of sulfone groups is 1. The van der Waals surface area contributed by atoms with E-state index >= 15 is 0 Å². The van der Waals surface area contributed by atoms with Crippen molar-refractivity contribution >= 4 is 44.6 Å². The van der Waals surface area contributed by atoms with Gasteiger partial charge in [-0.2, -0.15) is 0 Å². The molecule has 0 unspecified atom stereocenters. The number of carbonyl (C=O) groups excluding carboxylic acids is 2. The lowest BCUT2D eigenvalue weighted by atomic mass is 10.1. The minimum absolute atomic E-state index is 0.0555. The highest BCUT2D eigenvalue weighted by Gasteiger charge is 2.13. The van der Waals surface area contributed by atoms with Gasteiger partial charge in [-0.05, 0) is 55.3 Å². The first-order valence-corrected chi connectivity index (χ1v) is 12.2. The van der Waals surface area contributed by atoms with Crippen molar-refractivity contribution < 1.29 is 18.0 Å². The first-order chi connectivity index (χ1) is 15.1. The van der Waals surface area contributed by atoms with E-state index < -0.39 is 15.7 Å². The summed E-state index contributed by atoms with van der Waals surface area (Å²) in [6.07, 6.45) is 2.03. The highest BCUT2D eigenvalue weighted by molar-refractivity contribution is 7.90. The van der Waals surface area contributed by atoms with Crippen LogP contribution in [0.15, 0.2) is 71.6 Å². The quantitative estimate of drug-likeness (QED) is 0.515. The van der Waals surface area contributed by atoms with E-state index in [4.69, 9.17) is 11.6 Å². The Morgan fingerprint density at radius 2 is 1.69 bits per heavy atom. The summed E-state index contributed by atoms with van der Waals surface area (Å²) in [6.45, 7) is 2.01. The van der Waals surface area contributed by atoms with Crippen LogP contribution < -0.4 is 10.6 Å². The second-order valence-electron chi connectivity index (χ2n) is 7.49. The van der Waals surface area contributed by atoms with Crippen molar-refractivity contribution in [1.82, 2.24) is 0 Å².